The summed E-state index contributed by atoms with van der Waals surface area (Å²) in [6, 6.07) is 4.04. The zero-order valence-corrected chi connectivity index (χ0v) is 11.6. The molecular formula is C11H15N3O5S. The normalized spacial score (nSPS) is 11.1. The van der Waals surface area contributed by atoms with Crippen LogP contribution in [0, 0.1) is 17.0 Å². The van der Waals surface area contributed by atoms with Gasteiger partial charge in [-0.2, -0.15) is 0 Å². The third-order valence-electron chi connectivity index (χ3n) is 2.43. The average molecular weight is 301 g/mol. The first-order valence-electron chi connectivity index (χ1n) is 5.74. The number of nitrogens with one attached hydrogen (secondary N) is 1. The second kappa shape index (κ2) is 6.44. The standard InChI is InChI=1S/C11H15N3O5S/c1-8-5-9(7-10(6-8)14(16)17)11(15)13-3-2-4-20(12,18)19/h5-7H,2-4H2,1H3,(H,13,15)(H2,12,18,19). The molecule has 0 saturated carbocycles. The van der Waals surface area contributed by atoms with Crippen LogP contribution >= 0.6 is 0 Å². The van der Waals surface area contributed by atoms with Gasteiger partial charge in [0.25, 0.3) is 11.6 Å². The van der Waals surface area contributed by atoms with E-state index in [1.54, 1.807) is 6.92 Å². The summed E-state index contributed by atoms with van der Waals surface area (Å²) < 4.78 is 21.4. The lowest BCUT2D eigenvalue weighted by atomic mass is 10.1. The maximum Gasteiger partial charge on any atom is 0.270 e. The van der Waals surface area contributed by atoms with Crippen LogP contribution in [-0.2, 0) is 10.0 Å². The Bertz CT molecular complexity index is 627. The van der Waals surface area contributed by atoms with Gasteiger partial charge in [0.1, 0.15) is 0 Å². The van der Waals surface area contributed by atoms with Gasteiger partial charge in [-0.25, -0.2) is 13.6 Å². The fourth-order valence-electron chi connectivity index (χ4n) is 1.58. The smallest absolute Gasteiger partial charge is 0.270 e. The van der Waals surface area contributed by atoms with Crippen LogP contribution in [0.3, 0.4) is 0 Å². The SMILES string of the molecule is Cc1cc(C(=O)NCCCS(N)(=O)=O)cc([N+](=O)[O-])c1. The molecule has 1 rings (SSSR count). The Morgan fingerprint density at radius 2 is 2.05 bits per heavy atom. The van der Waals surface area contributed by atoms with Crippen molar-refractivity contribution in [3.63, 3.8) is 0 Å². The van der Waals surface area contributed by atoms with E-state index in [4.69, 9.17) is 5.14 Å². The van der Waals surface area contributed by atoms with Crippen molar-refractivity contribution < 1.29 is 18.1 Å². The summed E-state index contributed by atoms with van der Waals surface area (Å²) in [6.45, 7) is 1.77. The van der Waals surface area contributed by atoms with Crippen LogP contribution in [0.15, 0.2) is 18.2 Å². The van der Waals surface area contributed by atoms with E-state index in [0.717, 1.165) is 0 Å². The molecule has 1 aromatic rings. The molecule has 0 unspecified atom stereocenters. The summed E-state index contributed by atoms with van der Waals surface area (Å²) in [5.74, 6) is -0.729. The maximum atomic E-state index is 11.8. The third-order valence-corrected chi connectivity index (χ3v) is 3.28. The molecule has 0 radical (unpaired) electrons. The molecule has 8 nitrogen and oxygen atoms in total. The first-order chi connectivity index (χ1) is 9.19. The molecule has 0 aromatic heterocycles. The number of aryl methyl sites for hydroxylation is 1. The van der Waals surface area contributed by atoms with E-state index in [2.05, 4.69) is 5.32 Å². The second-order valence-corrected chi connectivity index (χ2v) is 6.02. The van der Waals surface area contributed by atoms with Crippen molar-refractivity contribution in [2.75, 3.05) is 12.3 Å². The van der Waals surface area contributed by atoms with Crippen LogP contribution in [0.1, 0.15) is 22.3 Å². The number of carbonyl (C=O) groups excluding carboxylic acids is 1. The van der Waals surface area contributed by atoms with E-state index in [-0.39, 0.29) is 30.0 Å². The molecule has 0 fully saturated rings. The molecule has 0 aliphatic rings. The number of hydrogen-bond donors (Lipinski definition) is 2. The number of amides is 1. The topological polar surface area (TPSA) is 132 Å². The van der Waals surface area contributed by atoms with Crippen molar-refractivity contribution in [1.82, 2.24) is 5.32 Å². The van der Waals surface area contributed by atoms with Crippen molar-refractivity contribution in [2.24, 2.45) is 5.14 Å². The molecule has 0 bridgehead atoms. The van der Waals surface area contributed by atoms with Crippen molar-refractivity contribution in [3.8, 4) is 0 Å². The van der Waals surface area contributed by atoms with E-state index in [0.29, 0.717) is 5.56 Å². The van der Waals surface area contributed by atoms with Crippen LogP contribution < -0.4 is 10.5 Å². The Kier molecular flexibility index (Phi) is 5.17. The van der Waals surface area contributed by atoms with E-state index >= 15 is 0 Å². The van der Waals surface area contributed by atoms with Crippen molar-refractivity contribution in [1.29, 1.82) is 0 Å². The zero-order valence-electron chi connectivity index (χ0n) is 10.8. The molecule has 0 spiro atoms. The predicted molar refractivity (Wildman–Crippen MR) is 72.8 cm³/mol. The van der Waals surface area contributed by atoms with Crippen LogP contribution in [0.25, 0.3) is 0 Å². The Morgan fingerprint density at radius 1 is 1.40 bits per heavy atom. The molecule has 0 aliphatic carbocycles. The number of carbonyl (C=O) groups is 1. The highest BCUT2D eigenvalue weighted by atomic mass is 32.2. The van der Waals surface area contributed by atoms with Gasteiger partial charge in [0.15, 0.2) is 0 Å². The summed E-state index contributed by atoms with van der Waals surface area (Å²) >= 11 is 0. The first-order valence-corrected chi connectivity index (χ1v) is 7.45. The number of hydrogen-bond acceptors (Lipinski definition) is 5. The summed E-state index contributed by atoms with van der Waals surface area (Å²) in [4.78, 5) is 21.9. The second-order valence-electron chi connectivity index (χ2n) is 4.29. The van der Waals surface area contributed by atoms with Crippen LogP contribution in [-0.4, -0.2) is 31.5 Å². The van der Waals surface area contributed by atoms with Crippen molar-refractivity contribution in [3.05, 3.63) is 39.4 Å². The number of non-ortho nitro benzene ring substituents is 1. The third kappa shape index (κ3) is 5.33. The van der Waals surface area contributed by atoms with E-state index in [1.807, 2.05) is 0 Å². The van der Waals surface area contributed by atoms with Gasteiger partial charge in [-0.15, -0.1) is 0 Å². The lowest BCUT2D eigenvalue weighted by Gasteiger charge is -2.05. The first kappa shape index (κ1) is 16.1. The number of rotatable bonds is 6. The summed E-state index contributed by atoms with van der Waals surface area (Å²) in [7, 11) is -3.55. The molecule has 20 heavy (non-hydrogen) atoms. The minimum Gasteiger partial charge on any atom is -0.352 e. The zero-order chi connectivity index (χ0) is 15.3. The average Bonchev–Trinajstić information content (AvgIpc) is 2.32. The molecule has 1 aromatic carbocycles. The van der Waals surface area contributed by atoms with Crippen molar-refractivity contribution >= 4 is 21.6 Å². The van der Waals surface area contributed by atoms with E-state index < -0.39 is 20.9 Å². The molecule has 0 atom stereocenters. The Hall–Kier alpha value is -2.00. The van der Waals surface area contributed by atoms with Gasteiger partial charge in [0, 0.05) is 24.2 Å². The predicted octanol–water partition coefficient (Wildman–Crippen LogP) is 0.312. The van der Waals surface area contributed by atoms with Gasteiger partial charge >= 0.3 is 0 Å². The lowest BCUT2D eigenvalue weighted by Crippen LogP contribution is -2.27. The summed E-state index contributed by atoms with van der Waals surface area (Å²) in [5.41, 5.74) is 0.584. The Balaban J connectivity index is 2.66. The fourth-order valence-corrected chi connectivity index (χ4v) is 2.12. The number of nitro benzene ring substituents is 1. The molecule has 0 saturated heterocycles. The van der Waals surface area contributed by atoms with Gasteiger partial charge < -0.3 is 5.32 Å². The number of nitrogens with two attached hydrogens (primary N) is 1. The number of nitrogens with zero attached hydrogens (tertiary/aromatic N) is 1. The quantitative estimate of drug-likeness (QED) is 0.443. The highest BCUT2D eigenvalue weighted by molar-refractivity contribution is 7.89. The Labute approximate surface area is 116 Å². The molecule has 0 aliphatic heterocycles. The molecule has 0 heterocycles. The van der Waals surface area contributed by atoms with Gasteiger partial charge in [-0.1, -0.05) is 0 Å². The number of benzene rings is 1. The maximum absolute atomic E-state index is 11.8. The molecule has 9 heteroatoms. The van der Waals surface area contributed by atoms with E-state index in [1.165, 1.54) is 18.2 Å². The van der Waals surface area contributed by atoms with Gasteiger partial charge in [-0.3, -0.25) is 14.9 Å². The minimum absolute atomic E-state index is 0.122. The number of nitro groups is 1. The fraction of sp³-hybridized carbons (Fsp3) is 0.364. The summed E-state index contributed by atoms with van der Waals surface area (Å²) in [6.07, 6.45) is 0.179. The van der Waals surface area contributed by atoms with Gasteiger partial charge in [0.2, 0.25) is 10.0 Å². The number of sulfonamides is 1. The molecule has 110 valence electrons. The minimum atomic E-state index is -3.55. The largest absolute Gasteiger partial charge is 0.352 e. The van der Waals surface area contributed by atoms with Crippen LogP contribution in [0.5, 0.6) is 0 Å². The lowest BCUT2D eigenvalue weighted by molar-refractivity contribution is -0.384. The molecular weight excluding hydrogens is 286 g/mol. The highest BCUT2D eigenvalue weighted by Gasteiger charge is 2.13. The summed E-state index contributed by atoms with van der Waals surface area (Å²) in [5, 5.41) is 18.0. The number of primary sulfonamides is 1. The highest BCUT2D eigenvalue weighted by Crippen LogP contribution is 2.16. The van der Waals surface area contributed by atoms with Crippen molar-refractivity contribution in [2.45, 2.75) is 13.3 Å². The monoisotopic (exact) mass is 301 g/mol. The Morgan fingerprint density at radius 3 is 2.60 bits per heavy atom. The van der Waals surface area contributed by atoms with E-state index in [9.17, 15) is 23.3 Å². The van der Waals surface area contributed by atoms with Crippen LogP contribution in [0.4, 0.5) is 5.69 Å². The van der Waals surface area contributed by atoms with Gasteiger partial charge in [0.05, 0.1) is 10.7 Å². The molecule has 3 N–H and O–H groups in total. The van der Waals surface area contributed by atoms with Gasteiger partial charge in [-0.05, 0) is 25.0 Å². The molecule has 1 amide bonds. The van der Waals surface area contributed by atoms with Crippen LogP contribution in [0.2, 0.25) is 0 Å².